The minimum atomic E-state index is -0.217. The van der Waals surface area contributed by atoms with Crippen LogP contribution in [0.2, 0.25) is 5.02 Å². The lowest BCUT2D eigenvalue weighted by atomic mass is 10.1. The monoisotopic (exact) mass is 324 g/mol. The first-order chi connectivity index (χ1) is 10.3. The van der Waals surface area contributed by atoms with Crippen LogP contribution in [0, 0.1) is 13.8 Å². The number of benzene rings is 1. The Balaban J connectivity index is 2.09. The molecule has 0 aromatic heterocycles. The number of nitrogens with zero attached hydrogens (tertiary/aromatic N) is 1. The summed E-state index contributed by atoms with van der Waals surface area (Å²) in [7, 11) is 0. The molecule has 1 aromatic rings. The Kier molecular flexibility index (Phi) is 5.48. The third kappa shape index (κ3) is 4.00. The highest BCUT2D eigenvalue weighted by Crippen LogP contribution is 2.27. The summed E-state index contributed by atoms with van der Waals surface area (Å²) in [5.41, 5.74) is 2.78. The van der Waals surface area contributed by atoms with E-state index in [0.717, 1.165) is 24.2 Å². The highest BCUT2D eigenvalue weighted by molar-refractivity contribution is 6.34. The fourth-order valence-electron chi connectivity index (χ4n) is 3.00. The Labute approximate surface area is 137 Å². The molecule has 0 unspecified atom stereocenters. The minimum Gasteiger partial charge on any atom is -0.373 e. The van der Waals surface area contributed by atoms with Gasteiger partial charge < -0.3 is 10.1 Å². The zero-order chi connectivity index (χ0) is 16.4. The van der Waals surface area contributed by atoms with Gasteiger partial charge in [0, 0.05) is 13.1 Å². The number of nitrogens with one attached hydrogen (secondary N) is 1. The Morgan fingerprint density at radius 3 is 2.45 bits per heavy atom. The van der Waals surface area contributed by atoms with Crippen LogP contribution in [-0.2, 0) is 9.53 Å². The predicted octanol–water partition coefficient (Wildman–Crippen LogP) is 3.39. The van der Waals surface area contributed by atoms with Crippen LogP contribution in [0.5, 0.6) is 0 Å². The van der Waals surface area contributed by atoms with Crippen molar-refractivity contribution in [2.75, 3.05) is 18.4 Å². The first kappa shape index (κ1) is 17.3. The van der Waals surface area contributed by atoms with E-state index in [2.05, 4.69) is 10.2 Å². The van der Waals surface area contributed by atoms with Crippen LogP contribution >= 0.6 is 11.6 Å². The number of hydrogen-bond acceptors (Lipinski definition) is 3. The Morgan fingerprint density at radius 2 is 1.91 bits per heavy atom. The number of amides is 1. The van der Waals surface area contributed by atoms with Crippen molar-refractivity contribution < 1.29 is 9.53 Å². The number of halogens is 1. The Bertz CT molecular complexity index is 529. The summed E-state index contributed by atoms with van der Waals surface area (Å²) in [6.45, 7) is 11.5. The Hall–Kier alpha value is -1.10. The molecule has 1 aliphatic heterocycles. The van der Waals surface area contributed by atoms with E-state index in [1.165, 1.54) is 0 Å². The second-order valence-corrected chi connectivity index (χ2v) is 6.72. The number of carbonyl (C=O) groups is 1. The summed E-state index contributed by atoms with van der Waals surface area (Å²) in [6.07, 6.45) is 0.285. The molecule has 1 heterocycles. The van der Waals surface area contributed by atoms with Crippen molar-refractivity contribution in [3.63, 3.8) is 0 Å². The predicted molar refractivity (Wildman–Crippen MR) is 90.6 cm³/mol. The van der Waals surface area contributed by atoms with Crippen LogP contribution in [0.25, 0.3) is 0 Å². The summed E-state index contributed by atoms with van der Waals surface area (Å²) in [6, 6.07) is 3.67. The summed E-state index contributed by atoms with van der Waals surface area (Å²) < 4.78 is 5.72. The molecule has 0 bridgehead atoms. The van der Waals surface area contributed by atoms with Crippen molar-refractivity contribution in [1.82, 2.24) is 4.90 Å². The molecular formula is C17H25ClN2O2. The van der Waals surface area contributed by atoms with Crippen LogP contribution < -0.4 is 5.32 Å². The molecule has 1 aliphatic rings. The maximum atomic E-state index is 12.6. The molecule has 1 N–H and O–H groups in total. The number of carbonyl (C=O) groups excluding carboxylic acids is 1. The van der Waals surface area contributed by atoms with Gasteiger partial charge in [-0.05, 0) is 51.8 Å². The van der Waals surface area contributed by atoms with Crippen molar-refractivity contribution in [2.45, 2.75) is 52.9 Å². The van der Waals surface area contributed by atoms with Gasteiger partial charge in [-0.25, -0.2) is 0 Å². The van der Waals surface area contributed by atoms with Crippen molar-refractivity contribution in [1.29, 1.82) is 0 Å². The number of aryl methyl sites for hydroxylation is 2. The fraction of sp³-hybridized carbons (Fsp3) is 0.588. The van der Waals surface area contributed by atoms with Gasteiger partial charge in [0.2, 0.25) is 5.91 Å². The van der Waals surface area contributed by atoms with Crippen LogP contribution in [-0.4, -0.2) is 42.1 Å². The molecule has 0 aliphatic carbocycles. The zero-order valence-electron chi connectivity index (χ0n) is 13.9. The van der Waals surface area contributed by atoms with Gasteiger partial charge in [-0.1, -0.05) is 17.7 Å². The van der Waals surface area contributed by atoms with E-state index in [-0.39, 0.29) is 24.2 Å². The molecule has 0 spiro atoms. The maximum Gasteiger partial charge on any atom is 0.241 e. The van der Waals surface area contributed by atoms with Crippen molar-refractivity contribution in [3.8, 4) is 0 Å². The number of rotatable bonds is 3. The normalized spacial score (nSPS) is 24.1. The molecular weight excluding hydrogens is 300 g/mol. The largest absolute Gasteiger partial charge is 0.373 e. The fourth-order valence-corrected chi connectivity index (χ4v) is 3.37. The molecule has 3 atom stereocenters. The summed E-state index contributed by atoms with van der Waals surface area (Å²) in [5, 5.41) is 3.56. The van der Waals surface area contributed by atoms with E-state index in [0.29, 0.717) is 10.7 Å². The van der Waals surface area contributed by atoms with E-state index >= 15 is 0 Å². The third-order valence-corrected chi connectivity index (χ3v) is 4.35. The van der Waals surface area contributed by atoms with Crippen LogP contribution in [0.1, 0.15) is 31.9 Å². The van der Waals surface area contributed by atoms with Crippen molar-refractivity contribution >= 4 is 23.2 Å². The lowest BCUT2D eigenvalue weighted by Gasteiger charge is -2.38. The van der Waals surface area contributed by atoms with E-state index in [1.54, 1.807) is 0 Å². The maximum absolute atomic E-state index is 12.6. The quantitative estimate of drug-likeness (QED) is 0.926. The SMILES string of the molecule is Cc1cc(C)c(NC(=O)[C@H](C)N2C[C@@H](C)O[C@@H](C)C2)c(Cl)c1. The molecule has 122 valence electrons. The van der Waals surface area contributed by atoms with E-state index in [9.17, 15) is 4.79 Å². The summed E-state index contributed by atoms with van der Waals surface area (Å²) >= 11 is 6.27. The molecule has 0 saturated carbocycles. The number of hydrogen-bond donors (Lipinski definition) is 1. The van der Waals surface area contributed by atoms with Gasteiger partial charge in [0.25, 0.3) is 0 Å². The lowest BCUT2D eigenvalue weighted by molar-refractivity contribution is -0.126. The number of morpholine rings is 1. The third-order valence-electron chi connectivity index (χ3n) is 4.05. The van der Waals surface area contributed by atoms with Crippen LogP contribution in [0.3, 0.4) is 0 Å². The van der Waals surface area contributed by atoms with Crippen LogP contribution in [0.4, 0.5) is 5.69 Å². The average Bonchev–Trinajstić information content (AvgIpc) is 2.40. The second-order valence-electron chi connectivity index (χ2n) is 6.32. The van der Waals surface area contributed by atoms with Gasteiger partial charge in [-0.15, -0.1) is 0 Å². The van der Waals surface area contributed by atoms with Crippen molar-refractivity contribution in [3.05, 3.63) is 28.3 Å². The summed E-state index contributed by atoms with van der Waals surface area (Å²) in [5.74, 6) is -0.0323. The van der Waals surface area contributed by atoms with Crippen LogP contribution in [0.15, 0.2) is 12.1 Å². The number of ether oxygens (including phenoxy) is 1. The lowest BCUT2D eigenvalue weighted by Crippen LogP contribution is -2.52. The molecule has 2 rings (SSSR count). The first-order valence-corrected chi connectivity index (χ1v) is 8.13. The smallest absolute Gasteiger partial charge is 0.241 e. The molecule has 1 saturated heterocycles. The van der Waals surface area contributed by atoms with Gasteiger partial charge in [0.1, 0.15) is 0 Å². The molecule has 1 amide bonds. The van der Waals surface area contributed by atoms with E-state index in [4.69, 9.17) is 16.3 Å². The van der Waals surface area contributed by atoms with Crippen molar-refractivity contribution in [2.24, 2.45) is 0 Å². The molecule has 22 heavy (non-hydrogen) atoms. The molecule has 1 fully saturated rings. The molecule has 0 radical (unpaired) electrons. The second kappa shape index (κ2) is 6.99. The van der Waals surface area contributed by atoms with Gasteiger partial charge in [-0.2, -0.15) is 0 Å². The highest BCUT2D eigenvalue weighted by atomic mass is 35.5. The zero-order valence-corrected chi connectivity index (χ0v) is 14.7. The minimum absolute atomic E-state index is 0.0323. The molecule has 1 aromatic carbocycles. The molecule has 4 nitrogen and oxygen atoms in total. The van der Waals surface area contributed by atoms with E-state index in [1.807, 2.05) is 46.8 Å². The topological polar surface area (TPSA) is 41.6 Å². The standard InChI is InChI=1S/C17H25ClN2O2/c1-10-6-11(2)16(15(18)7-10)19-17(21)14(5)20-8-12(3)22-13(4)9-20/h6-7,12-14H,8-9H2,1-5H3,(H,19,21)/t12-,13+,14-/m0/s1. The highest BCUT2D eigenvalue weighted by Gasteiger charge is 2.29. The van der Waals surface area contributed by atoms with E-state index < -0.39 is 0 Å². The van der Waals surface area contributed by atoms with Gasteiger partial charge in [0.15, 0.2) is 0 Å². The Morgan fingerprint density at radius 1 is 1.32 bits per heavy atom. The first-order valence-electron chi connectivity index (χ1n) is 7.75. The summed E-state index contributed by atoms with van der Waals surface area (Å²) in [4.78, 5) is 14.7. The van der Waals surface area contributed by atoms with Gasteiger partial charge in [-0.3, -0.25) is 9.69 Å². The van der Waals surface area contributed by atoms with Gasteiger partial charge in [0.05, 0.1) is 29.0 Å². The van der Waals surface area contributed by atoms with Gasteiger partial charge >= 0.3 is 0 Å². The average molecular weight is 325 g/mol. The molecule has 5 heteroatoms. The number of anilines is 1.